The summed E-state index contributed by atoms with van der Waals surface area (Å²) in [4.78, 5) is 23.7. The van der Waals surface area contributed by atoms with E-state index in [9.17, 15) is 14.7 Å². The van der Waals surface area contributed by atoms with E-state index in [-0.39, 0.29) is 18.8 Å². The molecule has 0 fully saturated rings. The number of carboxylic acid groups (broad SMARTS) is 1. The number of nitrogens with one attached hydrogen (secondary N) is 1. The molecule has 0 aliphatic carbocycles. The first-order chi connectivity index (χ1) is 11.1. The smallest absolute Gasteiger partial charge is 0.326 e. The lowest BCUT2D eigenvalue weighted by Crippen LogP contribution is -2.40. The molecule has 2 N–H and O–H groups in total. The molecule has 1 aromatic carbocycles. The van der Waals surface area contributed by atoms with Gasteiger partial charge in [0.1, 0.15) is 11.6 Å². The number of allylic oxidation sites excluding steroid dienone is 1. The van der Waals surface area contributed by atoms with Gasteiger partial charge in [-0.15, -0.1) is 0 Å². The van der Waals surface area contributed by atoms with Gasteiger partial charge in [-0.3, -0.25) is 4.79 Å². The molecule has 1 aromatic heterocycles. The lowest BCUT2D eigenvalue weighted by atomic mass is 10.1. The van der Waals surface area contributed by atoms with Gasteiger partial charge in [0.25, 0.3) is 5.91 Å². The van der Waals surface area contributed by atoms with Crippen molar-refractivity contribution in [2.45, 2.75) is 26.0 Å². The van der Waals surface area contributed by atoms with Gasteiger partial charge in [0.2, 0.25) is 0 Å². The summed E-state index contributed by atoms with van der Waals surface area (Å²) in [5.74, 6) is -1.58. The highest BCUT2D eigenvalue weighted by Gasteiger charge is 2.25. The Bertz CT molecular complexity index is 732. The first kappa shape index (κ1) is 16.8. The van der Waals surface area contributed by atoms with Crippen LogP contribution >= 0.6 is 0 Å². The van der Waals surface area contributed by atoms with E-state index in [1.807, 2.05) is 12.1 Å². The van der Waals surface area contributed by atoms with Crippen LogP contribution in [0.3, 0.4) is 0 Å². The Kier molecular flexibility index (Phi) is 5.54. The van der Waals surface area contributed by atoms with E-state index in [2.05, 4.69) is 5.32 Å². The van der Waals surface area contributed by atoms with Gasteiger partial charge in [0.05, 0.1) is 6.61 Å². The summed E-state index contributed by atoms with van der Waals surface area (Å²) in [6, 6.07) is 6.21. The summed E-state index contributed by atoms with van der Waals surface area (Å²) in [7, 11) is 1.52. The maximum Gasteiger partial charge on any atom is 0.326 e. The number of hydrogen-bond acceptors (Lipinski definition) is 4. The number of fused-ring (bicyclic) bond motifs is 1. The molecule has 1 heterocycles. The molecular formula is C17H19NO5. The third kappa shape index (κ3) is 3.78. The van der Waals surface area contributed by atoms with Crippen molar-refractivity contribution in [3.63, 3.8) is 0 Å². The molecule has 0 aliphatic rings. The fraction of sp³-hybridized carbons (Fsp3) is 0.294. The Balaban J connectivity index is 2.32. The number of para-hydroxylation sites is 1. The predicted octanol–water partition coefficient (Wildman–Crippen LogP) is 2.73. The van der Waals surface area contributed by atoms with Crippen LogP contribution in [0.2, 0.25) is 0 Å². The number of carboxylic acids is 1. The highest BCUT2D eigenvalue weighted by molar-refractivity contribution is 6.00. The predicted molar refractivity (Wildman–Crippen MR) is 85.2 cm³/mol. The Morgan fingerprint density at radius 1 is 1.39 bits per heavy atom. The summed E-state index contributed by atoms with van der Waals surface area (Å²) in [5, 5.41) is 12.5. The Morgan fingerprint density at radius 3 is 2.78 bits per heavy atom. The minimum Gasteiger partial charge on any atom is -0.480 e. The summed E-state index contributed by atoms with van der Waals surface area (Å²) >= 11 is 0. The van der Waals surface area contributed by atoms with Crippen molar-refractivity contribution < 1.29 is 23.8 Å². The molecule has 1 amide bonds. The summed E-state index contributed by atoms with van der Waals surface area (Å²) in [5.41, 5.74) is 1.17. The molecule has 6 heteroatoms. The molecule has 23 heavy (non-hydrogen) atoms. The topological polar surface area (TPSA) is 88.8 Å². The SMILES string of the molecule is C/C=C/CC(NC(=O)c1oc2ccccc2c1COC)C(=O)O. The van der Waals surface area contributed by atoms with Gasteiger partial charge >= 0.3 is 5.97 Å². The summed E-state index contributed by atoms with van der Waals surface area (Å²) in [6.45, 7) is 1.99. The first-order valence-corrected chi connectivity index (χ1v) is 7.22. The number of methoxy groups -OCH3 is 1. The Morgan fingerprint density at radius 2 is 2.13 bits per heavy atom. The van der Waals surface area contributed by atoms with Crippen molar-refractivity contribution >= 4 is 22.8 Å². The van der Waals surface area contributed by atoms with E-state index in [1.54, 1.807) is 31.2 Å². The number of carbonyl (C=O) groups excluding carboxylic acids is 1. The zero-order chi connectivity index (χ0) is 16.8. The van der Waals surface area contributed by atoms with Gasteiger partial charge in [0.15, 0.2) is 5.76 Å². The maximum absolute atomic E-state index is 12.4. The van der Waals surface area contributed by atoms with Crippen molar-refractivity contribution in [1.29, 1.82) is 0 Å². The number of hydrogen-bond donors (Lipinski definition) is 2. The van der Waals surface area contributed by atoms with Crippen LogP contribution in [0, 0.1) is 0 Å². The van der Waals surface area contributed by atoms with Crippen molar-refractivity contribution in [2.24, 2.45) is 0 Å². The minimum atomic E-state index is -1.10. The van der Waals surface area contributed by atoms with Gasteiger partial charge in [-0.1, -0.05) is 30.4 Å². The molecule has 2 rings (SSSR count). The number of furan rings is 1. The number of ether oxygens (including phenoxy) is 1. The van der Waals surface area contributed by atoms with Gasteiger partial charge < -0.3 is 19.6 Å². The average molecular weight is 317 g/mol. The van der Waals surface area contributed by atoms with Gasteiger partial charge in [-0.2, -0.15) is 0 Å². The zero-order valence-corrected chi connectivity index (χ0v) is 13.0. The number of carbonyl (C=O) groups is 2. The van der Waals surface area contributed by atoms with Crippen LogP contribution < -0.4 is 5.32 Å². The van der Waals surface area contributed by atoms with Crippen LogP contribution in [-0.4, -0.2) is 30.1 Å². The first-order valence-electron chi connectivity index (χ1n) is 7.22. The monoisotopic (exact) mass is 317 g/mol. The van der Waals surface area contributed by atoms with Crippen molar-refractivity contribution in [1.82, 2.24) is 5.32 Å². The standard InChI is InChI=1S/C17H19NO5/c1-3-4-8-13(17(20)21)18-16(19)15-12(10-22-2)11-7-5-6-9-14(11)23-15/h3-7,9,13H,8,10H2,1-2H3,(H,18,19)(H,20,21)/b4-3+. The third-order valence-electron chi connectivity index (χ3n) is 3.40. The summed E-state index contributed by atoms with van der Waals surface area (Å²) < 4.78 is 10.7. The van der Waals surface area contributed by atoms with Crippen LogP contribution in [0.15, 0.2) is 40.8 Å². The van der Waals surface area contributed by atoms with E-state index in [0.717, 1.165) is 5.39 Å². The van der Waals surface area contributed by atoms with E-state index in [4.69, 9.17) is 9.15 Å². The summed E-state index contributed by atoms with van der Waals surface area (Å²) in [6.07, 6.45) is 3.63. The lowest BCUT2D eigenvalue weighted by Gasteiger charge is -2.12. The van der Waals surface area contributed by atoms with Crippen LogP contribution in [0.25, 0.3) is 11.0 Å². The fourth-order valence-electron chi connectivity index (χ4n) is 2.29. The Labute approximate surface area is 133 Å². The molecule has 0 aliphatic heterocycles. The molecule has 122 valence electrons. The van der Waals surface area contributed by atoms with E-state index in [1.165, 1.54) is 7.11 Å². The van der Waals surface area contributed by atoms with Crippen molar-refractivity contribution in [3.05, 3.63) is 47.7 Å². The normalized spacial score (nSPS) is 12.6. The maximum atomic E-state index is 12.4. The second kappa shape index (κ2) is 7.60. The average Bonchev–Trinajstić information content (AvgIpc) is 2.90. The highest BCUT2D eigenvalue weighted by Crippen LogP contribution is 2.26. The second-order valence-electron chi connectivity index (χ2n) is 5.01. The largest absolute Gasteiger partial charge is 0.480 e. The highest BCUT2D eigenvalue weighted by atomic mass is 16.5. The number of amides is 1. The molecule has 0 bridgehead atoms. The number of aliphatic carboxylic acids is 1. The quantitative estimate of drug-likeness (QED) is 0.767. The van der Waals surface area contributed by atoms with E-state index >= 15 is 0 Å². The molecule has 6 nitrogen and oxygen atoms in total. The molecule has 1 atom stereocenters. The minimum absolute atomic E-state index is 0.0831. The van der Waals surface area contributed by atoms with Gasteiger partial charge in [0, 0.05) is 18.1 Å². The van der Waals surface area contributed by atoms with Gasteiger partial charge in [-0.05, 0) is 19.4 Å². The van der Waals surface area contributed by atoms with Crippen molar-refractivity contribution in [2.75, 3.05) is 7.11 Å². The zero-order valence-electron chi connectivity index (χ0n) is 13.0. The van der Waals surface area contributed by atoms with E-state index < -0.39 is 17.9 Å². The number of benzene rings is 1. The second-order valence-corrected chi connectivity index (χ2v) is 5.01. The molecule has 2 aromatic rings. The molecule has 1 unspecified atom stereocenters. The molecule has 0 saturated carbocycles. The fourth-order valence-corrected chi connectivity index (χ4v) is 2.29. The third-order valence-corrected chi connectivity index (χ3v) is 3.40. The molecular weight excluding hydrogens is 298 g/mol. The van der Waals surface area contributed by atoms with Crippen LogP contribution in [0.5, 0.6) is 0 Å². The number of rotatable bonds is 7. The molecule has 0 saturated heterocycles. The van der Waals surface area contributed by atoms with Crippen LogP contribution in [0.1, 0.15) is 29.5 Å². The van der Waals surface area contributed by atoms with Gasteiger partial charge in [-0.25, -0.2) is 4.79 Å². The van der Waals surface area contributed by atoms with Crippen molar-refractivity contribution in [3.8, 4) is 0 Å². The molecule has 0 spiro atoms. The molecule has 0 radical (unpaired) electrons. The van der Waals surface area contributed by atoms with E-state index in [0.29, 0.717) is 11.1 Å². The van der Waals surface area contributed by atoms with Crippen LogP contribution in [0.4, 0.5) is 0 Å². The van der Waals surface area contributed by atoms with Crippen LogP contribution in [-0.2, 0) is 16.1 Å². The lowest BCUT2D eigenvalue weighted by molar-refractivity contribution is -0.139. The Hall–Kier alpha value is -2.60.